The fourth-order valence-electron chi connectivity index (χ4n) is 2.95. The average molecular weight is 331 g/mol. The molecule has 6 nitrogen and oxygen atoms in total. The zero-order valence-electron chi connectivity index (χ0n) is 14.5. The number of benzene rings is 1. The van der Waals surface area contributed by atoms with Crippen molar-refractivity contribution in [1.29, 1.82) is 0 Å². The maximum absolute atomic E-state index is 12.7. The van der Waals surface area contributed by atoms with Gasteiger partial charge in [0, 0.05) is 24.7 Å². The third kappa shape index (κ3) is 3.93. The molecule has 0 saturated carbocycles. The minimum absolute atomic E-state index is 0.0691. The average Bonchev–Trinajstić information content (AvgIpc) is 2.93. The van der Waals surface area contributed by atoms with Crippen LogP contribution in [-0.2, 0) is 20.8 Å². The highest BCUT2D eigenvalue weighted by Crippen LogP contribution is 2.27. The van der Waals surface area contributed by atoms with E-state index in [0.29, 0.717) is 6.54 Å². The molecule has 1 aliphatic heterocycles. The molecule has 0 radical (unpaired) electrons. The number of carbonyl (C=O) groups is 3. The highest BCUT2D eigenvalue weighted by Gasteiger charge is 2.38. The fourth-order valence-corrected chi connectivity index (χ4v) is 2.95. The summed E-state index contributed by atoms with van der Waals surface area (Å²) in [7, 11) is 0. The monoisotopic (exact) mass is 331 g/mol. The molecule has 0 aromatic heterocycles. The topological polar surface area (TPSA) is 83.7 Å². The Morgan fingerprint density at radius 2 is 1.92 bits per heavy atom. The van der Waals surface area contributed by atoms with Crippen LogP contribution < -0.4 is 10.6 Å². The van der Waals surface area contributed by atoms with Gasteiger partial charge in [-0.05, 0) is 38.0 Å². The van der Waals surface area contributed by atoms with Crippen molar-refractivity contribution in [2.45, 2.75) is 39.7 Å². The molecule has 2 rings (SSSR count). The molecule has 2 N–H and O–H groups in total. The number of aryl methyl sites for hydroxylation is 1. The Hall–Kier alpha value is -2.37. The van der Waals surface area contributed by atoms with Crippen molar-refractivity contribution < 1.29 is 14.4 Å². The number of primary amides is 1. The number of anilines is 1. The first-order valence-corrected chi connectivity index (χ1v) is 8.31. The van der Waals surface area contributed by atoms with Gasteiger partial charge in [-0.3, -0.25) is 14.4 Å². The maximum atomic E-state index is 12.7. The van der Waals surface area contributed by atoms with Crippen LogP contribution in [0, 0.1) is 5.92 Å². The molecular weight excluding hydrogens is 306 g/mol. The van der Waals surface area contributed by atoms with Crippen LogP contribution in [0.1, 0.15) is 32.8 Å². The van der Waals surface area contributed by atoms with E-state index < -0.39 is 11.8 Å². The number of rotatable bonds is 6. The van der Waals surface area contributed by atoms with Gasteiger partial charge >= 0.3 is 0 Å². The van der Waals surface area contributed by atoms with Crippen molar-refractivity contribution in [3.8, 4) is 0 Å². The van der Waals surface area contributed by atoms with Gasteiger partial charge < -0.3 is 15.5 Å². The quantitative estimate of drug-likeness (QED) is 0.853. The van der Waals surface area contributed by atoms with E-state index >= 15 is 0 Å². The molecule has 1 saturated heterocycles. The second-order valence-corrected chi connectivity index (χ2v) is 6.45. The molecule has 1 aliphatic rings. The normalized spacial score (nSPS) is 17.4. The van der Waals surface area contributed by atoms with E-state index in [1.54, 1.807) is 4.90 Å². The summed E-state index contributed by atoms with van der Waals surface area (Å²) in [4.78, 5) is 39.3. The fraction of sp³-hybridized carbons (Fsp3) is 0.500. The summed E-state index contributed by atoms with van der Waals surface area (Å²) < 4.78 is 0. The predicted molar refractivity (Wildman–Crippen MR) is 92.3 cm³/mol. The molecule has 1 atom stereocenters. The Morgan fingerprint density at radius 1 is 1.29 bits per heavy atom. The lowest BCUT2D eigenvalue weighted by Crippen LogP contribution is -2.46. The van der Waals surface area contributed by atoms with Crippen LogP contribution >= 0.6 is 0 Å². The molecular formula is C18H25N3O3. The number of hydrogen-bond acceptors (Lipinski definition) is 3. The van der Waals surface area contributed by atoms with Gasteiger partial charge in [0.05, 0.1) is 12.5 Å². The van der Waals surface area contributed by atoms with Crippen LogP contribution in [0.4, 0.5) is 5.69 Å². The second-order valence-electron chi connectivity index (χ2n) is 6.45. The summed E-state index contributed by atoms with van der Waals surface area (Å²) in [5.41, 5.74) is 7.23. The second kappa shape index (κ2) is 7.47. The van der Waals surface area contributed by atoms with Gasteiger partial charge in [-0.25, -0.2) is 0 Å². The smallest absolute Gasteiger partial charge is 0.237 e. The lowest BCUT2D eigenvalue weighted by Gasteiger charge is -2.28. The van der Waals surface area contributed by atoms with Crippen LogP contribution in [0.25, 0.3) is 0 Å². The van der Waals surface area contributed by atoms with Gasteiger partial charge in [0.15, 0.2) is 0 Å². The first-order valence-electron chi connectivity index (χ1n) is 8.31. The summed E-state index contributed by atoms with van der Waals surface area (Å²) in [6.07, 6.45) is 1.10. The molecule has 130 valence electrons. The predicted octanol–water partition coefficient (Wildman–Crippen LogP) is 1.32. The summed E-state index contributed by atoms with van der Waals surface area (Å²) >= 11 is 0. The van der Waals surface area contributed by atoms with E-state index in [0.717, 1.165) is 12.1 Å². The molecule has 6 heteroatoms. The Morgan fingerprint density at radius 3 is 2.42 bits per heavy atom. The lowest BCUT2D eigenvalue weighted by molar-refractivity contribution is -0.140. The molecule has 0 spiro atoms. The molecule has 0 aliphatic carbocycles. The molecule has 1 unspecified atom stereocenters. The van der Waals surface area contributed by atoms with Gasteiger partial charge in [-0.1, -0.05) is 19.1 Å². The first kappa shape index (κ1) is 18.0. The van der Waals surface area contributed by atoms with Crippen LogP contribution in [0.2, 0.25) is 0 Å². The van der Waals surface area contributed by atoms with Gasteiger partial charge in [0.2, 0.25) is 17.7 Å². The van der Waals surface area contributed by atoms with Crippen molar-refractivity contribution in [1.82, 2.24) is 4.90 Å². The summed E-state index contributed by atoms with van der Waals surface area (Å²) in [6, 6.07) is 7.66. The minimum atomic E-state index is -0.548. The van der Waals surface area contributed by atoms with E-state index in [4.69, 9.17) is 5.73 Å². The number of nitrogens with two attached hydrogens (primary N) is 1. The highest BCUT2D eigenvalue weighted by molar-refractivity contribution is 6.00. The zero-order chi connectivity index (χ0) is 17.9. The lowest BCUT2D eigenvalue weighted by atomic mass is 10.1. The molecule has 1 aromatic rings. The third-order valence-corrected chi connectivity index (χ3v) is 4.36. The highest BCUT2D eigenvalue weighted by atomic mass is 16.2. The van der Waals surface area contributed by atoms with E-state index in [-0.39, 0.29) is 30.8 Å². The number of hydrogen-bond donors (Lipinski definition) is 1. The summed E-state index contributed by atoms with van der Waals surface area (Å²) in [6.45, 7) is 5.96. The Bertz CT molecular complexity index is 625. The van der Waals surface area contributed by atoms with Crippen LogP contribution in [0.5, 0.6) is 0 Å². The Kier molecular flexibility index (Phi) is 5.59. The standard InChI is InChI=1S/C18H25N3O3/c1-4-13-5-7-15(8-6-13)21-10-14(9-17(21)23)18(24)20(12(2)3)11-16(19)22/h5-8,12,14H,4,9-11H2,1-3H3,(H2,19,22). The van der Waals surface area contributed by atoms with Gasteiger partial charge in [-0.2, -0.15) is 0 Å². The number of carbonyl (C=O) groups excluding carboxylic acids is 3. The number of amides is 3. The summed E-state index contributed by atoms with van der Waals surface area (Å²) in [5, 5.41) is 0. The molecule has 0 bridgehead atoms. The van der Waals surface area contributed by atoms with Gasteiger partial charge in [0.25, 0.3) is 0 Å². The molecule has 1 fully saturated rings. The van der Waals surface area contributed by atoms with E-state index in [1.165, 1.54) is 10.5 Å². The minimum Gasteiger partial charge on any atom is -0.368 e. The first-order chi connectivity index (χ1) is 11.3. The Labute approximate surface area is 142 Å². The van der Waals surface area contributed by atoms with E-state index in [9.17, 15) is 14.4 Å². The van der Waals surface area contributed by atoms with Crippen molar-refractivity contribution in [2.24, 2.45) is 11.7 Å². The molecule has 24 heavy (non-hydrogen) atoms. The largest absolute Gasteiger partial charge is 0.368 e. The number of nitrogens with zero attached hydrogens (tertiary/aromatic N) is 2. The van der Waals surface area contributed by atoms with Crippen LogP contribution in [-0.4, -0.2) is 41.8 Å². The SMILES string of the molecule is CCc1ccc(N2CC(C(=O)N(CC(N)=O)C(C)C)CC2=O)cc1. The van der Waals surface area contributed by atoms with Gasteiger partial charge in [0.1, 0.15) is 0 Å². The van der Waals surface area contributed by atoms with E-state index in [2.05, 4.69) is 6.92 Å². The van der Waals surface area contributed by atoms with Crippen molar-refractivity contribution in [2.75, 3.05) is 18.0 Å². The van der Waals surface area contributed by atoms with Crippen LogP contribution in [0.15, 0.2) is 24.3 Å². The van der Waals surface area contributed by atoms with E-state index in [1.807, 2.05) is 38.1 Å². The third-order valence-electron chi connectivity index (χ3n) is 4.36. The molecule has 1 aromatic carbocycles. The zero-order valence-corrected chi connectivity index (χ0v) is 14.5. The Balaban J connectivity index is 2.12. The van der Waals surface area contributed by atoms with Crippen molar-refractivity contribution >= 4 is 23.4 Å². The van der Waals surface area contributed by atoms with Crippen molar-refractivity contribution in [3.63, 3.8) is 0 Å². The summed E-state index contributed by atoms with van der Waals surface area (Å²) in [5.74, 6) is -1.25. The van der Waals surface area contributed by atoms with Crippen LogP contribution in [0.3, 0.4) is 0 Å². The van der Waals surface area contributed by atoms with Crippen molar-refractivity contribution in [3.05, 3.63) is 29.8 Å². The molecule has 3 amide bonds. The maximum Gasteiger partial charge on any atom is 0.237 e. The molecule has 1 heterocycles. The van der Waals surface area contributed by atoms with Gasteiger partial charge in [-0.15, -0.1) is 0 Å².